The van der Waals surface area contributed by atoms with Crippen LogP contribution in [0.15, 0.2) is 30.3 Å². The summed E-state index contributed by atoms with van der Waals surface area (Å²) in [5.74, 6) is 0. The molecule has 0 heterocycles. The third kappa shape index (κ3) is 3.10. The zero-order valence-electron chi connectivity index (χ0n) is 13.8. The van der Waals surface area contributed by atoms with Crippen LogP contribution < -0.4 is 0 Å². The van der Waals surface area contributed by atoms with Crippen LogP contribution in [-0.2, 0) is 5.41 Å². The van der Waals surface area contributed by atoms with Gasteiger partial charge >= 0.3 is 0 Å². The minimum atomic E-state index is 0.374. The minimum absolute atomic E-state index is 0.374. The van der Waals surface area contributed by atoms with Gasteiger partial charge in [-0.3, -0.25) is 0 Å². The van der Waals surface area contributed by atoms with Gasteiger partial charge in [0.1, 0.15) is 0 Å². The van der Waals surface area contributed by atoms with Gasteiger partial charge in [0.05, 0.1) is 0 Å². The SMILES string of the molecule is CCCCCC[C@]1(C)CCCC[C@]1(C)c1ccccc1. The normalized spacial score (nSPS) is 30.4. The van der Waals surface area contributed by atoms with Crippen LogP contribution in [-0.4, -0.2) is 0 Å². The van der Waals surface area contributed by atoms with Crippen molar-refractivity contribution in [3.63, 3.8) is 0 Å². The van der Waals surface area contributed by atoms with Crippen LogP contribution in [0.5, 0.6) is 0 Å². The van der Waals surface area contributed by atoms with Gasteiger partial charge in [-0.1, -0.05) is 89.6 Å². The first-order chi connectivity index (χ1) is 9.62. The molecule has 1 aliphatic rings. The number of benzene rings is 1. The average Bonchev–Trinajstić information content (AvgIpc) is 2.48. The van der Waals surface area contributed by atoms with Gasteiger partial charge in [0, 0.05) is 0 Å². The Hall–Kier alpha value is -0.780. The summed E-state index contributed by atoms with van der Waals surface area (Å²) in [4.78, 5) is 0. The number of unbranched alkanes of at least 4 members (excludes halogenated alkanes) is 3. The first kappa shape index (κ1) is 15.6. The molecular weight excluding hydrogens is 240 g/mol. The lowest BCUT2D eigenvalue weighted by Gasteiger charge is -2.51. The largest absolute Gasteiger partial charge is 0.0654 e. The molecule has 0 aromatic heterocycles. The summed E-state index contributed by atoms with van der Waals surface area (Å²) in [6, 6.07) is 11.3. The van der Waals surface area contributed by atoms with Gasteiger partial charge in [0.2, 0.25) is 0 Å². The van der Waals surface area contributed by atoms with Crippen LogP contribution in [0.1, 0.15) is 84.1 Å². The van der Waals surface area contributed by atoms with Crippen molar-refractivity contribution < 1.29 is 0 Å². The van der Waals surface area contributed by atoms with Crippen molar-refractivity contribution in [2.24, 2.45) is 5.41 Å². The van der Waals surface area contributed by atoms with Gasteiger partial charge in [-0.25, -0.2) is 0 Å². The third-order valence-corrected chi connectivity index (χ3v) is 5.98. The lowest BCUT2D eigenvalue weighted by Crippen LogP contribution is -2.44. The van der Waals surface area contributed by atoms with Crippen LogP contribution in [0.2, 0.25) is 0 Å². The van der Waals surface area contributed by atoms with Crippen molar-refractivity contribution in [1.82, 2.24) is 0 Å². The van der Waals surface area contributed by atoms with Crippen LogP contribution in [0.3, 0.4) is 0 Å². The molecule has 2 atom stereocenters. The number of rotatable bonds is 6. The molecule has 0 unspecified atom stereocenters. The maximum atomic E-state index is 2.56. The van der Waals surface area contributed by atoms with E-state index in [0.29, 0.717) is 10.8 Å². The predicted octanol–water partition coefficient (Wildman–Crippen LogP) is 6.50. The van der Waals surface area contributed by atoms with Crippen molar-refractivity contribution in [2.45, 2.75) is 84.0 Å². The zero-order valence-corrected chi connectivity index (χ0v) is 13.8. The van der Waals surface area contributed by atoms with E-state index in [2.05, 4.69) is 51.1 Å². The van der Waals surface area contributed by atoms with E-state index in [-0.39, 0.29) is 0 Å². The maximum Gasteiger partial charge on any atom is -0.00215 e. The smallest absolute Gasteiger partial charge is 0.00215 e. The van der Waals surface area contributed by atoms with E-state index in [1.165, 1.54) is 57.8 Å². The molecule has 0 saturated heterocycles. The summed E-state index contributed by atoms with van der Waals surface area (Å²) in [5.41, 5.74) is 2.43. The van der Waals surface area contributed by atoms with E-state index in [4.69, 9.17) is 0 Å². The predicted molar refractivity (Wildman–Crippen MR) is 89.1 cm³/mol. The first-order valence-corrected chi connectivity index (χ1v) is 8.68. The standard InChI is InChI=1S/C20H32/c1-4-5-6-10-15-19(2)16-11-12-17-20(19,3)18-13-8-7-9-14-18/h7-9,13-14H,4-6,10-12,15-17H2,1-3H3/t19-,20-/m1/s1. The Morgan fingerprint density at radius 2 is 1.60 bits per heavy atom. The quantitative estimate of drug-likeness (QED) is 0.519. The van der Waals surface area contributed by atoms with Crippen molar-refractivity contribution in [1.29, 1.82) is 0 Å². The maximum absolute atomic E-state index is 2.56. The summed E-state index contributed by atoms with van der Waals surface area (Å²) >= 11 is 0. The highest BCUT2D eigenvalue weighted by molar-refractivity contribution is 5.28. The summed E-state index contributed by atoms with van der Waals surface area (Å²) < 4.78 is 0. The molecule has 0 aliphatic heterocycles. The molecule has 0 amide bonds. The molecule has 20 heavy (non-hydrogen) atoms. The minimum Gasteiger partial charge on any atom is -0.0654 e. The first-order valence-electron chi connectivity index (χ1n) is 8.68. The second kappa shape index (κ2) is 6.78. The van der Waals surface area contributed by atoms with E-state index in [1.807, 2.05) is 0 Å². The Morgan fingerprint density at radius 1 is 0.900 bits per heavy atom. The van der Waals surface area contributed by atoms with Gasteiger partial charge in [-0.05, 0) is 35.7 Å². The van der Waals surface area contributed by atoms with Crippen LogP contribution in [0.25, 0.3) is 0 Å². The second-order valence-electron chi connectivity index (χ2n) is 7.28. The third-order valence-electron chi connectivity index (χ3n) is 5.98. The van der Waals surface area contributed by atoms with E-state index < -0.39 is 0 Å². The van der Waals surface area contributed by atoms with E-state index in [9.17, 15) is 0 Å². The van der Waals surface area contributed by atoms with Crippen LogP contribution in [0, 0.1) is 5.41 Å². The highest BCUT2D eigenvalue weighted by Crippen LogP contribution is 2.54. The van der Waals surface area contributed by atoms with Gasteiger partial charge in [-0.2, -0.15) is 0 Å². The number of hydrogen-bond acceptors (Lipinski definition) is 0. The van der Waals surface area contributed by atoms with E-state index in [1.54, 1.807) is 5.56 Å². The molecule has 0 heteroatoms. The van der Waals surface area contributed by atoms with Gasteiger partial charge in [-0.15, -0.1) is 0 Å². The molecule has 1 aromatic rings. The molecule has 1 aliphatic carbocycles. The molecule has 0 radical (unpaired) electrons. The molecule has 1 saturated carbocycles. The van der Waals surface area contributed by atoms with Crippen LogP contribution >= 0.6 is 0 Å². The fourth-order valence-electron chi connectivity index (χ4n) is 4.21. The fourth-order valence-corrected chi connectivity index (χ4v) is 4.21. The molecule has 1 aromatic carbocycles. The molecule has 2 rings (SSSR count). The summed E-state index contributed by atoms with van der Waals surface area (Å²) in [6.07, 6.45) is 12.6. The van der Waals surface area contributed by atoms with Crippen molar-refractivity contribution >= 4 is 0 Å². The highest BCUT2D eigenvalue weighted by atomic mass is 14.5. The second-order valence-corrected chi connectivity index (χ2v) is 7.28. The Kier molecular flexibility index (Phi) is 5.29. The molecule has 112 valence electrons. The van der Waals surface area contributed by atoms with Crippen molar-refractivity contribution in [3.8, 4) is 0 Å². The lowest BCUT2D eigenvalue weighted by molar-refractivity contribution is 0.0744. The highest BCUT2D eigenvalue weighted by Gasteiger charge is 2.46. The van der Waals surface area contributed by atoms with Gasteiger partial charge < -0.3 is 0 Å². The summed E-state index contributed by atoms with van der Waals surface area (Å²) in [7, 11) is 0. The average molecular weight is 272 g/mol. The van der Waals surface area contributed by atoms with Crippen LogP contribution in [0.4, 0.5) is 0 Å². The summed E-state index contributed by atoms with van der Waals surface area (Å²) in [5, 5.41) is 0. The van der Waals surface area contributed by atoms with E-state index in [0.717, 1.165) is 0 Å². The molecule has 0 nitrogen and oxygen atoms in total. The van der Waals surface area contributed by atoms with Gasteiger partial charge in [0.25, 0.3) is 0 Å². The fraction of sp³-hybridized carbons (Fsp3) is 0.700. The number of hydrogen-bond donors (Lipinski definition) is 0. The Bertz CT molecular complexity index is 394. The Labute approximate surface area is 126 Å². The lowest BCUT2D eigenvalue weighted by atomic mass is 9.53. The van der Waals surface area contributed by atoms with E-state index >= 15 is 0 Å². The van der Waals surface area contributed by atoms with Crippen molar-refractivity contribution in [3.05, 3.63) is 35.9 Å². The van der Waals surface area contributed by atoms with Crippen molar-refractivity contribution in [2.75, 3.05) is 0 Å². The molecule has 0 bridgehead atoms. The zero-order chi connectivity index (χ0) is 14.5. The Balaban J connectivity index is 2.15. The molecule has 1 fully saturated rings. The Morgan fingerprint density at radius 3 is 2.30 bits per heavy atom. The topological polar surface area (TPSA) is 0 Å². The molecule has 0 spiro atoms. The van der Waals surface area contributed by atoms with Gasteiger partial charge in [0.15, 0.2) is 0 Å². The summed E-state index contributed by atoms with van der Waals surface area (Å²) in [6.45, 7) is 7.39. The monoisotopic (exact) mass is 272 g/mol. The molecule has 0 N–H and O–H groups in total. The molecular formula is C20H32.